The minimum atomic E-state index is -0.273. The predicted octanol–water partition coefficient (Wildman–Crippen LogP) is 2.51. The van der Waals surface area contributed by atoms with Crippen LogP contribution in [0.15, 0.2) is 28.8 Å². The topological polar surface area (TPSA) is 71.6 Å². The van der Waals surface area contributed by atoms with Gasteiger partial charge in [-0.15, -0.1) is 0 Å². The van der Waals surface area contributed by atoms with Crippen LogP contribution in [0.3, 0.4) is 0 Å². The Morgan fingerprint density at radius 2 is 2.04 bits per heavy atom. The lowest BCUT2D eigenvalue weighted by Crippen LogP contribution is -2.27. The Kier molecular flexibility index (Phi) is 4.63. The van der Waals surface area contributed by atoms with Gasteiger partial charge in [0.2, 0.25) is 11.7 Å². The van der Waals surface area contributed by atoms with E-state index in [1.54, 1.807) is 7.11 Å². The molecule has 3 atom stereocenters. The molecule has 23 heavy (non-hydrogen) atoms. The first kappa shape index (κ1) is 16.0. The van der Waals surface area contributed by atoms with Crippen LogP contribution in [0.2, 0.25) is 0 Å². The average Bonchev–Trinajstić information content (AvgIpc) is 3.24. The standard InChI is InChI=1S/C17H23N3O3/c1-11(20-9-8-14(10-20)12(2)21)17-18-16(19-23-17)13-4-6-15(22-3)7-5-13/h4-7,11-12,14,21H,8-10H2,1-3H3. The molecule has 6 nitrogen and oxygen atoms in total. The number of benzene rings is 1. The van der Waals surface area contributed by atoms with E-state index >= 15 is 0 Å². The Labute approximate surface area is 136 Å². The molecule has 1 aromatic carbocycles. The summed E-state index contributed by atoms with van der Waals surface area (Å²) in [6.07, 6.45) is 0.728. The van der Waals surface area contributed by atoms with Gasteiger partial charge in [0.05, 0.1) is 19.3 Å². The summed E-state index contributed by atoms with van der Waals surface area (Å²) in [6.45, 7) is 5.72. The number of nitrogens with zero attached hydrogens (tertiary/aromatic N) is 3. The predicted molar refractivity (Wildman–Crippen MR) is 86.1 cm³/mol. The highest BCUT2D eigenvalue weighted by Gasteiger charge is 2.31. The van der Waals surface area contributed by atoms with E-state index in [9.17, 15) is 5.11 Å². The van der Waals surface area contributed by atoms with Crippen molar-refractivity contribution in [3.05, 3.63) is 30.2 Å². The van der Waals surface area contributed by atoms with Crippen molar-refractivity contribution in [2.24, 2.45) is 5.92 Å². The number of aromatic nitrogens is 2. The number of rotatable bonds is 5. The molecule has 1 aromatic heterocycles. The first-order valence-corrected chi connectivity index (χ1v) is 7.98. The van der Waals surface area contributed by atoms with Crippen molar-refractivity contribution >= 4 is 0 Å². The van der Waals surface area contributed by atoms with Crippen LogP contribution < -0.4 is 4.74 Å². The fraction of sp³-hybridized carbons (Fsp3) is 0.529. The Morgan fingerprint density at radius 3 is 2.65 bits per heavy atom. The minimum Gasteiger partial charge on any atom is -0.497 e. The Balaban J connectivity index is 1.71. The molecule has 2 heterocycles. The highest BCUT2D eigenvalue weighted by atomic mass is 16.5. The molecule has 0 radical (unpaired) electrons. The molecule has 0 amide bonds. The second-order valence-electron chi connectivity index (χ2n) is 6.14. The minimum absolute atomic E-state index is 0.0539. The number of ether oxygens (including phenoxy) is 1. The van der Waals surface area contributed by atoms with Gasteiger partial charge in [-0.1, -0.05) is 5.16 Å². The molecule has 6 heteroatoms. The number of aliphatic hydroxyl groups is 1. The van der Waals surface area contributed by atoms with Crippen LogP contribution in [-0.4, -0.2) is 46.5 Å². The Bertz CT molecular complexity index is 639. The molecule has 1 N–H and O–H groups in total. The van der Waals surface area contributed by atoms with Gasteiger partial charge in [0, 0.05) is 12.1 Å². The third kappa shape index (κ3) is 3.38. The maximum atomic E-state index is 9.73. The number of methoxy groups -OCH3 is 1. The van der Waals surface area contributed by atoms with Gasteiger partial charge in [-0.2, -0.15) is 4.98 Å². The van der Waals surface area contributed by atoms with Gasteiger partial charge in [-0.25, -0.2) is 0 Å². The Hall–Kier alpha value is -1.92. The van der Waals surface area contributed by atoms with Crippen molar-refractivity contribution in [1.29, 1.82) is 0 Å². The number of aliphatic hydroxyl groups excluding tert-OH is 1. The van der Waals surface area contributed by atoms with Crippen LogP contribution >= 0.6 is 0 Å². The first-order chi connectivity index (χ1) is 11.1. The lowest BCUT2D eigenvalue weighted by atomic mass is 10.0. The van der Waals surface area contributed by atoms with Crippen molar-refractivity contribution in [3.63, 3.8) is 0 Å². The highest BCUT2D eigenvalue weighted by Crippen LogP contribution is 2.29. The van der Waals surface area contributed by atoms with E-state index in [0.717, 1.165) is 30.8 Å². The summed E-state index contributed by atoms with van der Waals surface area (Å²) in [5.41, 5.74) is 0.899. The van der Waals surface area contributed by atoms with Crippen molar-refractivity contribution in [3.8, 4) is 17.1 Å². The third-order valence-corrected chi connectivity index (χ3v) is 4.63. The molecule has 3 unspecified atom stereocenters. The summed E-state index contributed by atoms with van der Waals surface area (Å²) in [5, 5.41) is 13.8. The summed E-state index contributed by atoms with van der Waals surface area (Å²) < 4.78 is 10.6. The van der Waals surface area contributed by atoms with E-state index in [4.69, 9.17) is 9.26 Å². The normalized spacial score (nSPS) is 21.3. The summed E-state index contributed by atoms with van der Waals surface area (Å²) in [6, 6.07) is 7.64. The largest absolute Gasteiger partial charge is 0.497 e. The molecule has 3 rings (SSSR count). The number of hydrogen-bond acceptors (Lipinski definition) is 6. The fourth-order valence-electron chi connectivity index (χ4n) is 2.98. The van der Waals surface area contributed by atoms with Crippen LogP contribution in [0.5, 0.6) is 5.75 Å². The van der Waals surface area contributed by atoms with E-state index in [1.807, 2.05) is 31.2 Å². The molecule has 2 aromatic rings. The number of likely N-dealkylation sites (tertiary alicyclic amines) is 1. The van der Waals surface area contributed by atoms with Gasteiger partial charge < -0.3 is 14.4 Å². The summed E-state index contributed by atoms with van der Waals surface area (Å²) in [4.78, 5) is 6.81. The van der Waals surface area contributed by atoms with Crippen molar-refractivity contribution in [2.45, 2.75) is 32.4 Å². The van der Waals surface area contributed by atoms with Crippen LogP contribution in [-0.2, 0) is 0 Å². The van der Waals surface area contributed by atoms with Gasteiger partial charge in [-0.05, 0) is 57.0 Å². The second kappa shape index (κ2) is 6.68. The quantitative estimate of drug-likeness (QED) is 0.913. The second-order valence-corrected chi connectivity index (χ2v) is 6.14. The van der Waals surface area contributed by atoms with Crippen LogP contribution in [0.1, 0.15) is 32.2 Å². The van der Waals surface area contributed by atoms with Gasteiger partial charge in [0.15, 0.2) is 0 Å². The average molecular weight is 317 g/mol. The molecule has 124 valence electrons. The van der Waals surface area contributed by atoms with E-state index in [2.05, 4.69) is 22.0 Å². The molecule has 1 saturated heterocycles. The van der Waals surface area contributed by atoms with E-state index in [0.29, 0.717) is 17.6 Å². The Morgan fingerprint density at radius 1 is 1.30 bits per heavy atom. The summed E-state index contributed by atoms with van der Waals surface area (Å²) in [7, 11) is 1.64. The van der Waals surface area contributed by atoms with Gasteiger partial charge >= 0.3 is 0 Å². The summed E-state index contributed by atoms with van der Waals surface area (Å²) in [5.74, 6) is 2.32. The van der Waals surface area contributed by atoms with E-state index in [1.165, 1.54) is 0 Å². The zero-order valence-electron chi connectivity index (χ0n) is 13.8. The zero-order valence-corrected chi connectivity index (χ0v) is 13.8. The van der Waals surface area contributed by atoms with Gasteiger partial charge in [0.25, 0.3) is 0 Å². The monoisotopic (exact) mass is 317 g/mol. The molecule has 0 aliphatic carbocycles. The molecule has 0 bridgehead atoms. The van der Waals surface area contributed by atoms with Crippen LogP contribution in [0.25, 0.3) is 11.4 Å². The van der Waals surface area contributed by atoms with Crippen molar-refractivity contribution < 1.29 is 14.4 Å². The molecule has 1 aliphatic heterocycles. The maximum absolute atomic E-state index is 9.73. The van der Waals surface area contributed by atoms with E-state index < -0.39 is 0 Å². The zero-order chi connectivity index (χ0) is 16.4. The lowest BCUT2D eigenvalue weighted by Gasteiger charge is -2.21. The van der Waals surface area contributed by atoms with Gasteiger partial charge in [0.1, 0.15) is 5.75 Å². The van der Waals surface area contributed by atoms with Gasteiger partial charge in [-0.3, -0.25) is 4.90 Å². The van der Waals surface area contributed by atoms with E-state index in [-0.39, 0.29) is 12.1 Å². The van der Waals surface area contributed by atoms with Crippen LogP contribution in [0.4, 0.5) is 0 Å². The first-order valence-electron chi connectivity index (χ1n) is 7.98. The molecule has 1 fully saturated rings. The highest BCUT2D eigenvalue weighted by molar-refractivity contribution is 5.55. The molecule has 0 saturated carbocycles. The molecule has 1 aliphatic rings. The lowest BCUT2D eigenvalue weighted by molar-refractivity contribution is 0.119. The third-order valence-electron chi connectivity index (χ3n) is 4.63. The maximum Gasteiger partial charge on any atom is 0.244 e. The number of hydrogen-bond donors (Lipinski definition) is 1. The molecule has 0 spiro atoms. The van der Waals surface area contributed by atoms with Crippen molar-refractivity contribution in [1.82, 2.24) is 15.0 Å². The summed E-state index contributed by atoms with van der Waals surface area (Å²) >= 11 is 0. The molecular formula is C17H23N3O3. The van der Waals surface area contributed by atoms with Crippen molar-refractivity contribution in [2.75, 3.05) is 20.2 Å². The smallest absolute Gasteiger partial charge is 0.244 e. The van der Waals surface area contributed by atoms with Crippen LogP contribution in [0, 0.1) is 5.92 Å². The molecular weight excluding hydrogens is 294 g/mol. The fourth-order valence-corrected chi connectivity index (χ4v) is 2.98. The SMILES string of the molecule is COc1ccc(-c2noc(C(C)N3CCC(C(C)O)C3)n2)cc1.